The van der Waals surface area contributed by atoms with E-state index in [9.17, 15) is 4.79 Å². The summed E-state index contributed by atoms with van der Waals surface area (Å²) in [5.74, 6) is 0.260. The van der Waals surface area contributed by atoms with Crippen LogP contribution in [-0.4, -0.2) is 50.3 Å². The number of methoxy groups -OCH3 is 2. The van der Waals surface area contributed by atoms with E-state index in [1.165, 1.54) is 26.7 Å². The van der Waals surface area contributed by atoms with E-state index in [4.69, 9.17) is 14.3 Å². The lowest BCUT2D eigenvalue weighted by atomic mass is 10.0. The zero-order valence-corrected chi connectivity index (χ0v) is 19.9. The van der Waals surface area contributed by atoms with Gasteiger partial charge in [-0.2, -0.15) is 4.99 Å². The predicted octanol–water partition coefficient (Wildman–Crippen LogP) is 4.15. The maximum Gasteiger partial charge on any atom is 0.434 e. The SMILES string of the molecule is COC(=O)/N=C(SC)/C(=N\c1ccc(C2(C)N=CON2)cc1)c1cc(OC)c2c(c1F)CCO2. The molecule has 2 aromatic carbocycles. The van der Waals surface area contributed by atoms with Gasteiger partial charge in [-0.15, -0.1) is 17.2 Å². The van der Waals surface area contributed by atoms with Gasteiger partial charge in [-0.05, 0) is 36.9 Å². The zero-order valence-electron chi connectivity index (χ0n) is 19.0. The number of hydrogen-bond donors (Lipinski definition) is 1. The zero-order chi connectivity index (χ0) is 24.3. The number of amides is 1. The topological polar surface area (TPSA) is 103 Å². The van der Waals surface area contributed by atoms with Gasteiger partial charge < -0.3 is 19.0 Å². The van der Waals surface area contributed by atoms with Crippen molar-refractivity contribution in [2.75, 3.05) is 27.1 Å². The van der Waals surface area contributed by atoms with Gasteiger partial charge in [0.2, 0.25) is 0 Å². The summed E-state index contributed by atoms with van der Waals surface area (Å²) in [7, 11) is 2.70. The number of ether oxygens (including phenoxy) is 3. The van der Waals surface area contributed by atoms with E-state index in [-0.39, 0.29) is 16.3 Å². The number of carbonyl (C=O) groups is 1. The molecule has 1 unspecified atom stereocenters. The van der Waals surface area contributed by atoms with E-state index < -0.39 is 17.6 Å². The van der Waals surface area contributed by atoms with Crippen LogP contribution in [0.15, 0.2) is 45.3 Å². The molecule has 0 saturated heterocycles. The lowest BCUT2D eigenvalue weighted by Gasteiger charge is -2.19. The Morgan fingerprint density at radius 2 is 2.06 bits per heavy atom. The molecule has 9 nitrogen and oxygen atoms in total. The average molecular weight is 487 g/mol. The molecule has 2 heterocycles. The van der Waals surface area contributed by atoms with E-state index >= 15 is 4.39 Å². The molecule has 4 rings (SSSR count). The summed E-state index contributed by atoms with van der Waals surface area (Å²) in [5.41, 5.74) is 4.18. The summed E-state index contributed by atoms with van der Waals surface area (Å²) in [4.78, 5) is 29.9. The van der Waals surface area contributed by atoms with E-state index in [2.05, 4.69) is 25.2 Å². The first kappa shape index (κ1) is 23.7. The van der Waals surface area contributed by atoms with Gasteiger partial charge in [-0.1, -0.05) is 12.1 Å². The van der Waals surface area contributed by atoms with Crippen LogP contribution in [-0.2, 0) is 21.7 Å². The van der Waals surface area contributed by atoms with Gasteiger partial charge in [0.15, 0.2) is 23.6 Å². The molecular formula is C23H23FN4O5S. The maximum absolute atomic E-state index is 15.6. The summed E-state index contributed by atoms with van der Waals surface area (Å²) >= 11 is 1.15. The van der Waals surface area contributed by atoms with Gasteiger partial charge >= 0.3 is 6.09 Å². The van der Waals surface area contributed by atoms with Crippen LogP contribution in [0.4, 0.5) is 14.9 Å². The van der Waals surface area contributed by atoms with Crippen molar-refractivity contribution in [2.45, 2.75) is 19.0 Å². The highest BCUT2D eigenvalue weighted by Gasteiger charge is 2.30. The van der Waals surface area contributed by atoms with Crippen molar-refractivity contribution in [2.24, 2.45) is 15.0 Å². The minimum Gasteiger partial charge on any atom is -0.493 e. The highest BCUT2D eigenvalue weighted by Crippen LogP contribution is 2.40. The molecule has 0 aliphatic carbocycles. The summed E-state index contributed by atoms with van der Waals surface area (Å²) in [6.45, 7) is 2.22. The average Bonchev–Trinajstić information content (AvgIpc) is 3.52. The summed E-state index contributed by atoms with van der Waals surface area (Å²) in [6, 6.07) is 8.69. The van der Waals surface area contributed by atoms with Gasteiger partial charge in [0, 0.05) is 17.5 Å². The van der Waals surface area contributed by atoms with Crippen LogP contribution in [0.25, 0.3) is 0 Å². The van der Waals surface area contributed by atoms with E-state index in [0.717, 1.165) is 17.3 Å². The van der Waals surface area contributed by atoms with E-state index in [1.54, 1.807) is 18.4 Å². The monoisotopic (exact) mass is 486 g/mol. The molecule has 0 saturated carbocycles. The van der Waals surface area contributed by atoms with Gasteiger partial charge in [-0.3, -0.25) is 0 Å². The lowest BCUT2D eigenvalue weighted by molar-refractivity contribution is 0.135. The number of fused-ring (bicyclic) bond motifs is 1. The second-order valence-corrected chi connectivity index (χ2v) is 8.27. The van der Waals surface area contributed by atoms with Gasteiger partial charge in [-0.25, -0.2) is 19.2 Å². The molecule has 1 N–H and O–H groups in total. The molecular weight excluding hydrogens is 463 g/mol. The van der Waals surface area contributed by atoms with Crippen molar-refractivity contribution in [3.05, 3.63) is 52.8 Å². The predicted molar refractivity (Wildman–Crippen MR) is 128 cm³/mol. The number of nitrogens with one attached hydrogen (secondary N) is 1. The number of hydrogen-bond acceptors (Lipinski definition) is 9. The molecule has 34 heavy (non-hydrogen) atoms. The quantitative estimate of drug-likeness (QED) is 0.500. The number of halogens is 1. The van der Waals surface area contributed by atoms with Gasteiger partial charge in [0.1, 0.15) is 16.6 Å². The third kappa shape index (κ3) is 4.48. The van der Waals surface area contributed by atoms with Crippen molar-refractivity contribution in [3.63, 3.8) is 0 Å². The standard InChI is InChI=1S/C23H23FN4O5S/c1-23(25-12-33-28-23)13-5-7-14(8-6-13)26-19(21(34-4)27-22(29)31-3)16-11-17(30-2)20-15(18(16)24)9-10-32-20/h5-8,11-12,28H,9-10H2,1-4H3/b26-19-,27-21-. The largest absolute Gasteiger partial charge is 0.493 e. The number of hydroxylamine groups is 1. The van der Waals surface area contributed by atoms with Crippen molar-refractivity contribution in [1.82, 2.24) is 5.48 Å². The fourth-order valence-electron chi connectivity index (χ4n) is 3.60. The molecule has 0 bridgehead atoms. The summed E-state index contributed by atoms with van der Waals surface area (Å²) in [6.07, 6.45) is 2.63. The van der Waals surface area contributed by atoms with E-state index in [1.807, 2.05) is 19.1 Å². The van der Waals surface area contributed by atoms with Crippen LogP contribution in [0.1, 0.15) is 23.6 Å². The highest BCUT2D eigenvalue weighted by molar-refractivity contribution is 8.15. The molecule has 1 amide bonds. The molecule has 0 fully saturated rings. The Bertz CT molecular complexity index is 1200. The number of benzene rings is 2. The number of aliphatic imine (C=N–C) groups is 3. The minimum atomic E-state index is -0.817. The number of nitrogens with zero attached hydrogens (tertiary/aromatic N) is 3. The number of rotatable bonds is 5. The number of thioether (sulfide) groups is 1. The van der Waals surface area contributed by atoms with Crippen LogP contribution in [0.3, 0.4) is 0 Å². The Morgan fingerprint density at radius 1 is 1.29 bits per heavy atom. The van der Waals surface area contributed by atoms with Crippen molar-refractivity contribution in [3.8, 4) is 11.5 Å². The van der Waals surface area contributed by atoms with Crippen molar-refractivity contribution < 1.29 is 28.2 Å². The number of carbonyl (C=O) groups excluding carboxylic acids is 1. The van der Waals surface area contributed by atoms with Crippen LogP contribution < -0.4 is 15.0 Å². The molecule has 0 aromatic heterocycles. The first-order valence-corrected chi connectivity index (χ1v) is 11.5. The third-order valence-corrected chi connectivity index (χ3v) is 6.07. The first-order valence-electron chi connectivity index (χ1n) is 10.3. The Kier molecular flexibility index (Phi) is 6.85. The normalized spacial score (nSPS) is 19.4. The summed E-state index contributed by atoms with van der Waals surface area (Å²) in [5, 5.41) is 0.193. The van der Waals surface area contributed by atoms with E-state index in [0.29, 0.717) is 35.8 Å². The fourth-order valence-corrected chi connectivity index (χ4v) is 4.12. The third-order valence-electron chi connectivity index (χ3n) is 5.40. The molecule has 0 spiro atoms. The second-order valence-electron chi connectivity index (χ2n) is 7.47. The van der Waals surface area contributed by atoms with Crippen LogP contribution in [0.2, 0.25) is 0 Å². The molecule has 11 heteroatoms. The Balaban J connectivity index is 1.85. The van der Waals surface area contributed by atoms with Gasteiger partial charge in [0.25, 0.3) is 0 Å². The summed E-state index contributed by atoms with van der Waals surface area (Å²) < 4.78 is 31.3. The smallest absolute Gasteiger partial charge is 0.434 e. The molecule has 178 valence electrons. The maximum atomic E-state index is 15.6. The first-order chi connectivity index (χ1) is 16.4. The lowest BCUT2D eigenvalue weighted by Crippen LogP contribution is -2.32. The molecule has 2 aromatic rings. The van der Waals surface area contributed by atoms with Crippen molar-refractivity contribution in [1.29, 1.82) is 0 Å². The van der Waals surface area contributed by atoms with Crippen LogP contribution in [0, 0.1) is 5.82 Å². The van der Waals surface area contributed by atoms with Crippen molar-refractivity contribution >= 4 is 40.7 Å². The molecule has 2 aliphatic rings. The molecule has 1 atom stereocenters. The van der Waals surface area contributed by atoms with Crippen LogP contribution in [0.5, 0.6) is 11.5 Å². The Morgan fingerprint density at radius 3 is 2.68 bits per heavy atom. The van der Waals surface area contributed by atoms with Gasteiger partial charge in [0.05, 0.1) is 26.5 Å². The fraction of sp³-hybridized carbons (Fsp3) is 0.304. The second kappa shape index (κ2) is 9.82. The minimum absolute atomic E-state index is 0.143. The Labute approximate surface area is 200 Å². The Hall–Kier alpha value is -3.44. The molecule has 2 aliphatic heterocycles. The molecule has 0 radical (unpaired) electrons. The van der Waals surface area contributed by atoms with Crippen LogP contribution >= 0.6 is 11.8 Å². The highest BCUT2D eigenvalue weighted by atomic mass is 32.2.